The second-order valence-corrected chi connectivity index (χ2v) is 9.64. The zero-order valence-corrected chi connectivity index (χ0v) is 21.0. The number of esters is 1. The molecule has 0 saturated heterocycles. The summed E-state index contributed by atoms with van der Waals surface area (Å²) in [6.07, 6.45) is -0.215. The smallest absolute Gasteiger partial charge is 0.338 e. The molecule has 1 N–H and O–H groups in total. The van der Waals surface area contributed by atoms with Gasteiger partial charge in [-0.05, 0) is 44.7 Å². The Labute approximate surface area is 209 Å². The summed E-state index contributed by atoms with van der Waals surface area (Å²) in [6, 6.07) is 13.8. The van der Waals surface area contributed by atoms with E-state index in [9.17, 15) is 14.0 Å². The van der Waals surface area contributed by atoms with Crippen LogP contribution in [0.3, 0.4) is 0 Å². The van der Waals surface area contributed by atoms with Gasteiger partial charge in [0.05, 0.1) is 29.8 Å². The molecule has 2 aromatic rings. The van der Waals surface area contributed by atoms with E-state index in [1.54, 1.807) is 18.2 Å². The number of carbonyl (C=O) groups excluding carboxylic acids is 2. The summed E-state index contributed by atoms with van der Waals surface area (Å²) >= 11 is 1.41. The van der Waals surface area contributed by atoms with Gasteiger partial charge < -0.3 is 15.0 Å². The van der Waals surface area contributed by atoms with Crippen molar-refractivity contribution in [1.82, 2.24) is 10.2 Å². The third kappa shape index (κ3) is 5.48. The lowest BCUT2D eigenvalue weighted by molar-refractivity contribution is -0.143. The number of amides is 1. The zero-order valence-electron chi connectivity index (χ0n) is 20.2. The highest BCUT2D eigenvalue weighted by molar-refractivity contribution is 8.16. The maximum absolute atomic E-state index is 13.9. The summed E-state index contributed by atoms with van der Waals surface area (Å²) in [5.41, 5.74) is 4.15. The SMILES string of the molecule is CC1=C(C(=O)OC(C)C)[C@@H](c2cccc(C)c2)N2C(CC(=O)NCc3ccccc3F)=CSC2=N1. The van der Waals surface area contributed by atoms with Crippen molar-refractivity contribution in [3.63, 3.8) is 0 Å². The number of carbonyl (C=O) groups is 2. The number of allylic oxidation sites excluding steroid dienone is 1. The average Bonchev–Trinajstić information content (AvgIpc) is 3.18. The van der Waals surface area contributed by atoms with E-state index in [2.05, 4.69) is 10.3 Å². The van der Waals surface area contributed by atoms with Crippen LogP contribution in [0.1, 0.15) is 49.9 Å². The van der Waals surface area contributed by atoms with Crippen LogP contribution in [0.4, 0.5) is 4.39 Å². The van der Waals surface area contributed by atoms with Crippen LogP contribution in [0.2, 0.25) is 0 Å². The van der Waals surface area contributed by atoms with Crippen molar-refractivity contribution in [2.75, 3.05) is 0 Å². The number of aryl methyl sites for hydroxylation is 1. The van der Waals surface area contributed by atoms with Gasteiger partial charge in [-0.25, -0.2) is 14.2 Å². The first-order valence-corrected chi connectivity index (χ1v) is 12.3. The zero-order chi connectivity index (χ0) is 25.1. The Balaban J connectivity index is 1.62. The molecular formula is C27H28FN3O3S. The highest BCUT2D eigenvalue weighted by Gasteiger charge is 2.41. The topological polar surface area (TPSA) is 71.0 Å². The molecule has 1 amide bonds. The molecule has 0 spiro atoms. The molecule has 1 atom stereocenters. The van der Waals surface area contributed by atoms with Gasteiger partial charge >= 0.3 is 5.97 Å². The van der Waals surface area contributed by atoms with Gasteiger partial charge in [0.25, 0.3) is 0 Å². The first-order chi connectivity index (χ1) is 16.7. The largest absolute Gasteiger partial charge is 0.459 e. The summed E-state index contributed by atoms with van der Waals surface area (Å²) in [5, 5.41) is 5.38. The fraction of sp³-hybridized carbons (Fsp3) is 0.296. The van der Waals surface area contributed by atoms with E-state index in [0.29, 0.717) is 27.7 Å². The Morgan fingerprint density at radius 2 is 1.94 bits per heavy atom. The standard InChI is InChI=1S/C27H28FN3O3S/c1-16(2)34-26(33)24-18(4)30-27-31(25(24)19-10-7-8-17(3)12-19)21(15-35-27)13-23(32)29-14-20-9-5-6-11-22(20)28/h5-12,15-16,25H,13-14H2,1-4H3,(H,29,32)/t25-/m1/s1. The maximum atomic E-state index is 13.9. The van der Waals surface area contributed by atoms with Crippen molar-refractivity contribution in [3.8, 4) is 0 Å². The van der Waals surface area contributed by atoms with Crippen LogP contribution >= 0.6 is 11.8 Å². The number of rotatable bonds is 7. The molecule has 8 heteroatoms. The van der Waals surface area contributed by atoms with Crippen molar-refractivity contribution in [2.45, 2.75) is 52.8 Å². The molecule has 0 fully saturated rings. The fourth-order valence-electron chi connectivity index (χ4n) is 4.13. The number of hydrogen-bond donors (Lipinski definition) is 1. The van der Waals surface area contributed by atoms with Crippen LogP contribution in [0.5, 0.6) is 0 Å². The van der Waals surface area contributed by atoms with Crippen LogP contribution in [0, 0.1) is 12.7 Å². The minimum Gasteiger partial charge on any atom is -0.459 e. The van der Waals surface area contributed by atoms with Crippen molar-refractivity contribution >= 4 is 28.8 Å². The first-order valence-electron chi connectivity index (χ1n) is 11.5. The molecular weight excluding hydrogens is 465 g/mol. The molecule has 6 nitrogen and oxygen atoms in total. The van der Waals surface area contributed by atoms with Crippen molar-refractivity contribution in [1.29, 1.82) is 0 Å². The van der Waals surface area contributed by atoms with Gasteiger partial charge in [0.15, 0.2) is 5.17 Å². The molecule has 0 radical (unpaired) electrons. The van der Waals surface area contributed by atoms with Crippen LogP contribution in [-0.2, 0) is 20.9 Å². The van der Waals surface area contributed by atoms with E-state index < -0.39 is 12.0 Å². The summed E-state index contributed by atoms with van der Waals surface area (Å²) < 4.78 is 19.5. The molecule has 2 aromatic carbocycles. The van der Waals surface area contributed by atoms with E-state index in [1.165, 1.54) is 17.8 Å². The second-order valence-electron chi connectivity index (χ2n) is 8.81. The number of benzene rings is 2. The molecule has 0 saturated carbocycles. The summed E-state index contributed by atoms with van der Waals surface area (Å²) in [4.78, 5) is 32.6. The van der Waals surface area contributed by atoms with E-state index in [4.69, 9.17) is 4.74 Å². The molecule has 2 aliphatic rings. The lowest BCUT2D eigenvalue weighted by atomic mass is 9.93. The predicted octanol–water partition coefficient (Wildman–Crippen LogP) is 5.37. The van der Waals surface area contributed by atoms with E-state index >= 15 is 0 Å². The summed E-state index contributed by atoms with van der Waals surface area (Å²) in [6.45, 7) is 7.52. The molecule has 4 rings (SSSR count). The van der Waals surface area contributed by atoms with E-state index in [-0.39, 0.29) is 30.8 Å². The van der Waals surface area contributed by atoms with Crippen LogP contribution in [0.25, 0.3) is 0 Å². The number of aliphatic imine (C=N–C) groups is 1. The molecule has 0 aliphatic carbocycles. The number of nitrogens with one attached hydrogen (secondary N) is 1. The van der Waals surface area contributed by atoms with Gasteiger partial charge in [0.2, 0.25) is 5.91 Å². The highest BCUT2D eigenvalue weighted by Crippen LogP contribution is 2.45. The number of halogens is 1. The van der Waals surface area contributed by atoms with Gasteiger partial charge in [-0.2, -0.15) is 0 Å². The fourth-order valence-corrected chi connectivity index (χ4v) is 5.09. The number of hydrogen-bond acceptors (Lipinski definition) is 6. The van der Waals surface area contributed by atoms with Gasteiger partial charge in [-0.3, -0.25) is 4.79 Å². The Hall–Kier alpha value is -3.39. The molecule has 2 heterocycles. The number of nitrogens with zero attached hydrogens (tertiary/aromatic N) is 2. The Morgan fingerprint density at radius 1 is 1.17 bits per heavy atom. The average molecular weight is 494 g/mol. The Bertz CT molecular complexity index is 1250. The predicted molar refractivity (Wildman–Crippen MR) is 136 cm³/mol. The molecule has 0 aromatic heterocycles. The van der Waals surface area contributed by atoms with Crippen molar-refractivity contribution < 1.29 is 18.7 Å². The Kier molecular flexibility index (Phi) is 7.40. The normalized spacial score (nSPS) is 17.2. The molecule has 0 unspecified atom stereocenters. The quantitative estimate of drug-likeness (QED) is 0.526. The molecule has 2 aliphatic heterocycles. The number of thioether (sulfide) groups is 1. The maximum Gasteiger partial charge on any atom is 0.338 e. The van der Waals surface area contributed by atoms with Crippen LogP contribution in [-0.4, -0.2) is 28.0 Å². The number of fused-ring (bicyclic) bond motifs is 1. The number of ether oxygens (including phenoxy) is 1. The van der Waals surface area contributed by atoms with Gasteiger partial charge in [-0.15, -0.1) is 0 Å². The third-order valence-electron chi connectivity index (χ3n) is 5.70. The summed E-state index contributed by atoms with van der Waals surface area (Å²) in [7, 11) is 0. The first kappa shape index (κ1) is 24.7. The lowest BCUT2D eigenvalue weighted by Crippen LogP contribution is -2.38. The van der Waals surface area contributed by atoms with Crippen LogP contribution < -0.4 is 5.32 Å². The molecule has 0 bridgehead atoms. The minimum absolute atomic E-state index is 0.0638. The molecule has 35 heavy (non-hydrogen) atoms. The van der Waals surface area contributed by atoms with Gasteiger partial charge in [0, 0.05) is 17.8 Å². The van der Waals surface area contributed by atoms with Gasteiger partial charge in [-0.1, -0.05) is 59.8 Å². The lowest BCUT2D eigenvalue weighted by Gasteiger charge is -2.36. The van der Waals surface area contributed by atoms with E-state index in [1.807, 2.05) is 62.3 Å². The van der Waals surface area contributed by atoms with Gasteiger partial charge in [0.1, 0.15) is 5.82 Å². The summed E-state index contributed by atoms with van der Waals surface area (Å²) in [5.74, 6) is -1.03. The van der Waals surface area contributed by atoms with Crippen molar-refractivity contribution in [3.05, 3.63) is 93.4 Å². The van der Waals surface area contributed by atoms with E-state index in [0.717, 1.165) is 11.1 Å². The highest BCUT2D eigenvalue weighted by atomic mass is 32.2. The third-order valence-corrected chi connectivity index (χ3v) is 6.59. The molecule has 182 valence electrons. The van der Waals surface area contributed by atoms with Crippen LogP contribution in [0.15, 0.2) is 75.9 Å². The second kappa shape index (κ2) is 10.5. The van der Waals surface area contributed by atoms with Crippen molar-refractivity contribution in [2.24, 2.45) is 4.99 Å². The monoisotopic (exact) mass is 493 g/mol. The Morgan fingerprint density at radius 3 is 2.66 bits per heavy atom. The number of amidine groups is 1. The minimum atomic E-state index is -0.478.